The van der Waals surface area contributed by atoms with Gasteiger partial charge in [0.2, 0.25) is 0 Å². The van der Waals surface area contributed by atoms with Crippen LogP contribution in [0, 0.1) is 5.92 Å². The van der Waals surface area contributed by atoms with Crippen LogP contribution < -0.4 is 4.90 Å². The first-order valence-electron chi connectivity index (χ1n) is 12.6. The number of benzene rings is 1. The number of rotatable bonds is 5. The topological polar surface area (TPSA) is 73.3 Å². The van der Waals surface area contributed by atoms with Crippen LogP contribution in [0.15, 0.2) is 18.2 Å². The molecule has 4 rings (SSSR count). The number of anilines is 1. The molecule has 3 aliphatic rings. The fraction of sp³-hybridized carbons (Fsp3) is 0.680. The molecule has 38 heavy (non-hydrogen) atoms. The summed E-state index contributed by atoms with van der Waals surface area (Å²) >= 11 is 0. The molecule has 1 aromatic rings. The van der Waals surface area contributed by atoms with E-state index in [0.29, 0.717) is 31.8 Å². The van der Waals surface area contributed by atoms with E-state index in [-0.39, 0.29) is 24.2 Å². The number of likely N-dealkylation sites (tertiary alicyclic amines) is 2. The largest absolute Gasteiger partial charge is 0.478 e. The predicted molar refractivity (Wildman–Crippen MR) is 125 cm³/mol. The molecule has 7 nitrogen and oxygen atoms in total. The van der Waals surface area contributed by atoms with Crippen LogP contribution in [0.1, 0.15) is 54.9 Å². The van der Waals surface area contributed by atoms with E-state index in [2.05, 4.69) is 21.5 Å². The second kappa shape index (κ2) is 10.5. The van der Waals surface area contributed by atoms with Gasteiger partial charge in [0.1, 0.15) is 0 Å². The van der Waals surface area contributed by atoms with Crippen LogP contribution in [-0.4, -0.2) is 83.7 Å². The number of aromatic carboxylic acids is 1. The summed E-state index contributed by atoms with van der Waals surface area (Å²) in [4.78, 5) is 29.2. The lowest BCUT2D eigenvalue weighted by atomic mass is 9.85. The predicted octanol–water partition coefficient (Wildman–Crippen LogP) is 5.29. The Morgan fingerprint density at radius 1 is 1.03 bits per heavy atom. The van der Waals surface area contributed by atoms with Crippen molar-refractivity contribution in [2.75, 3.05) is 37.6 Å². The molecule has 0 saturated carbocycles. The van der Waals surface area contributed by atoms with Gasteiger partial charge in [-0.05, 0) is 68.3 Å². The van der Waals surface area contributed by atoms with Gasteiger partial charge >= 0.3 is 24.4 Å². The molecule has 3 fully saturated rings. The molecular weight excluding hydrogens is 520 g/mol. The summed E-state index contributed by atoms with van der Waals surface area (Å²) in [6.07, 6.45) is -14.0. The highest BCUT2D eigenvalue weighted by atomic mass is 19.4. The molecule has 0 bridgehead atoms. The Morgan fingerprint density at radius 2 is 1.68 bits per heavy atom. The van der Waals surface area contributed by atoms with Crippen LogP contribution in [-0.2, 0) is 11.3 Å². The zero-order valence-electron chi connectivity index (χ0n) is 20.9. The number of carbonyl (C=O) groups excluding carboxylic acids is 1. The van der Waals surface area contributed by atoms with E-state index < -0.39 is 30.5 Å². The Balaban J connectivity index is 1.44. The summed E-state index contributed by atoms with van der Waals surface area (Å²) in [5, 5.41) is 9.65. The average molecular weight is 552 g/mol. The molecule has 0 radical (unpaired) electrons. The molecule has 1 unspecified atom stereocenters. The monoisotopic (exact) mass is 551 g/mol. The number of ether oxygens (including phenoxy) is 1. The maximum absolute atomic E-state index is 12.8. The van der Waals surface area contributed by atoms with Crippen LogP contribution in [0.2, 0.25) is 0 Å². The lowest BCUT2D eigenvalue weighted by Gasteiger charge is -2.45. The number of hydrogen-bond acceptors (Lipinski definition) is 5. The number of carboxylic acids is 1. The van der Waals surface area contributed by atoms with Gasteiger partial charge in [0.25, 0.3) is 6.10 Å². The summed E-state index contributed by atoms with van der Waals surface area (Å²) in [6.45, 7) is 4.91. The highest BCUT2D eigenvalue weighted by molar-refractivity contribution is 5.89. The molecule has 1 spiro atoms. The highest BCUT2D eigenvalue weighted by Gasteiger charge is 2.60. The van der Waals surface area contributed by atoms with Gasteiger partial charge < -0.3 is 19.6 Å². The smallest absolute Gasteiger partial charge is 0.434 e. The number of nitrogens with zero attached hydrogens (tertiary/aromatic N) is 3. The molecule has 13 heteroatoms. The van der Waals surface area contributed by atoms with E-state index in [4.69, 9.17) is 0 Å². The van der Waals surface area contributed by atoms with Gasteiger partial charge in [0.05, 0.1) is 5.56 Å². The maximum atomic E-state index is 12.8. The van der Waals surface area contributed by atoms with Gasteiger partial charge in [-0.3, -0.25) is 4.90 Å². The third-order valence-electron chi connectivity index (χ3n) is 7.89. The number of piperidine rings is 1. The molecule has 3 aliphatic heterocycles. The number of amides is 1. The van der Waals surface area contributed by atoms with Crippen molar-refractivity contribution in [3.8, 4) is 0 Å². The molecular formula is C25H31F6N3O4. The lowest BCUT2D eigenvalue weighted by molar-refractivity contribution is -0.308. The molecule has 0 aromatic heterocycles. The first kappa shape index (κ1) is 28.3. The Morgan fingerprint density at radius 3 is 2.24 bits per heavy atom. The van der Waals surface area contributed by atoms with E-state index in [1.54, 1.807) is 12.1 Å². The van der Waals surface area contributed by atoms with Gasteiger partial charge in [0, 0.05) is 44.0 Å². The fourth-order valence-electron chi connectivity index (χ4n) is 5.87. The third-order valence-corrected chi connectivity index (χ3v) is 7.89. The number of alkyl halides is 6. The fourth-order valence-corrected chi connectivity index (χ4v) is 5.87. The highest BCUT2D eigenvalue weighted by Crippen LogP contribution is 2.41. The average Bonchev–Trinajstić information content (AvgIpc) is 3.42. The lowest BCUT2D eigenvalue weighted by Crippen LogP contribution is -2.54. The maximum Gasteiger partial charge on any atom is 0.434 e. The van der Waals surface area contributed by atoms with E-state index in [1.807, 2.05) is 6.07 Å². The van der Waals surface area contributed by atoms with Crippen LogP contribution in [0.25, 0.3) is 0 Å². The Kier molecular flexibility index (Phi) is 7.79. The zero-order valence-corrected chi connectivity index (χ0v) is 20.9. The van der Waals surface area contributed by atoms with E-state index in [9.17, 15) is 41.0 Å². The summed E-state index contributed by atoms with van der Waals surface area (Å²) < 4.78 is 80.7. The van der Waals surface area contributed by atoms with Gasteiger partial charge in [-0.2, -0.15) is 26.3 Å². The van der Waals surface area contributed by atoms with Crippen LogP contribution in [0.3, 0.4) is 0 Å². The van der Waals surface area contributed by atoms with E-state index in [1.165, 1.54) is 0 Å². The third kappa shape index (κ3) is 6.13. The van der Waals surface area contributed by atoms with Crippen molar-refractivity contribution in [2.24, 2.45) is 5.92 Å². The quantitative estimate of drug-likeness (QED) is 0.502. The summed E-state index contributed by atoms with van der Waals surface area (Å²) in [7, 11) is 0. The minimum atomic E-state index is -5.76. The number of hydrogen-bond donors (Lipinski definition) is 1. The van der Waals surface area contributed by atoms with Crippen molar-refractivity contribution in [1.29, 1.82) is 0 Å². The van der Waals surface area contributed by atoms with E-state index >= 15 is 0 Å². The molecule has 0 aliphatic carbocycles. The van der Waals surface area contributed by atoms with Gasteiger partial charge in [-0.15, -0.1) is 0 Å². The molecule has 3 heterocycles. The van der Waals surface area contributed by atoms with Crippen molar-refractivity contribution in [1.82, 2.24) is 9.80 Å². The first-order chi connectivity index (χ1) is 17.7. The van der Waals surface area contributed by atoms with Crippen LogP contribution in [0.4, 0.5) is 36.8 Å². The van der Waals surface area contributed by atoms with Crippen LogP contribution >= 0.6 is 0 Å². The normalized spacial score (nSPS) is 22.5. The first-order valence-corrected chi connectivity index (χ1v) is 12.6. The number of carboxylic acid groups (broad SMARTS) is 1. The zero-order chi connectivity index (χ0) is 27.9. The second-order valence-corrected chi connectivity index (χ2v) is 10.6. The van der Waals surface area contributed by atoms with Crippen molar-refractivity contribution in [2.45, 2.75) is 69.6 Å². The Bertz CT molecular complexity index is 1020. The number of carbonyl (C=O) groups is 2. The Labute approximate surface area is 216 Å². The standard InChI is InChI=1S/C25H31F6N3O4/c1-16-3-8-33(14-16)19-12-17(11-18(13-19)20(35)36)15-34-7-2-4-23(34)5-9-32(10-6-23)22(37)38-21(24(26,27)28)25(29,30)31/h11-13,16,21H,2-10,14-15H2,1H3,(H,35,36). The molecule has 212 valence electrons. The summed E-state index contributed by atoms with van der Waals surface area (Å²) in [6, 6.07) is 5.29. The molecule has 3 saturated heterocycles. The molecule has 1 N–H and O–H groups in total. The van der Waals surface area contributed by atoms with E-state index in [0.717, 1.165) is 48.5 Å². The van der Waals surface area contributed by atoms with Gasteiger partial charge in [0.15, 0.2) is 0 Å². The summed E-state index contributed by atoms with van der Waals surface area (Å²) in [5.74, 6) is -0.521. The summed E-state index contributed by atoms with van der Waals surface area (Å²) in [5.41, 5.74) is 1.47. The van der Waals surface area contributed by atoms with Crippen molar-refractivity contribution in [3.63, 3.8) is 0 Å². The Hall–Kier alpha value is -2.70. The van der Waals surface area contributed by atoms with Crippen molar-refractivity contribution < 1.29 is 45.8 Å². The van der Waals surface area contributed by atoms with Gasteiger partial charge in [-0.25, -0.2) is 9.59 Å². The van der Waals surface area contributed by atoms with Crippen LogP contribution in [0.5, 0.6) is 0 Å². The van der Waals surface area contributed by atoms with Crippen molar-refractivity contribution in [3.05, 3.63) is 29.3 Å². The number of halogens is 6. The second-order valence-electron chi connectivity index (χ2n) is 10.6. The molecule has 1 aromatic carbocycles. The molecule has 1 amide bonds. The van der Waals surface area contributed by atoms with Gasteiger partial charge in [-0.1, -0.05) is 6.92 Å². The molecule has 1 atom stereocenters. The van der Waals surface area contributed by atoms with Crippen molar-refractivity contribution >= 4 is 17.7 Å². The minimum absolute atomic E-state index is 0.0378. The minimum Gasteiger partial charge on any atom is -0.478 e. The SMILES string of the molecule is CC1CCN(c2cc(CN3CCCC34CCN(C(=O)OC(C(F)(F)F)C(F)(F)F)CC4)cc(C(=O)O)c2)C1.